The van der Waals surface area contributed by atoms with Crippen LogP contribution in [-0.4, -0.2) is 35.6 Å². The van der Waals surface area contributed by atoms with Crippen LogP contribution >= 0.6 is 0 Å². The maximum absolute atomic E-state index is 13.2. The van der Waals surface area contributed by atoms with Gasteiger partial charge in [0.2, 0.25) is 0 Å². The van der Waals surface area contributed by atoms with Crippen LogP contribution in [0.4, 0.5) is 24.7 Å². The van der Waals surface area contributed by atoms with E-state index in [0.29, 0.717) is 11.5 Å². The molecule has 0 saturated carbocycles. The van der Waals surface area contributed by atoms with E-state index in [1.807, 2.05) is 12.1 Å². The zero-order valence-corrected chi connectivity index (χ0v) is 17.8. The number of aliphatic hydroxyl groups is 1. The Bertz CT molecular complexity index is 1320. The van der Waals surface area contributed by atoms with Gasteiger partial charge in [0.25, 0.3) is 0 Å². The van der Waals surface area contributed by atoms with E-state index in [2.05, 4.69) is 25.0 Å². The zero-order valence-electron chi connectivity index (χ0n) is 17.8. The molecule has 0 aliphatic heterocycles. The second-order valence-corrected chi connectivity index (χ2v) is 8.12. The molecular weight excluding hydrogens is 435 g/mol. The molecule has 11 heteroatoms. The predicted molar refractivity (Wildman–Crippen MR) is 117 cm³/mol. The van der Waals surface area contributed by atoms with Gasteiger partial charge in [-0.1, -0.05) is 0 Å². The third kappa shape index (κ3) is 3.67. The number of alkyl halides is 3. The number of nitrogens with zero attached hydrogens (tertiary/aromatic N) is 5. The number of halogens is 3. The van der Waals surface area contributed by atoms with Crippen molar-refractivity contribution in [3.63, 3.8) is 0 Å². The summed E-state index contributed by atoms with van der Waals surface area (Å²) in [5.74, 6) is 0.406. The molecule has 1 aliphatic rings. The quantitative estimate of drug-likeness (QED) is 0.398. The zero-order chi connectivity index (χ0) is 23.3. The first-order valence-electron chi connectivity index (χ1n) is 10.5. The van der Waals surface area contributed by atoms with Crippen LogP contribution in [0.2, 0.25) is 0 Å². The second kappa shape index (κ2) is 7.77. The Kier molecular flexibility index (Phi) is 5.00. The fraction of sp³-hybridized carbons (Fsp3) is 0.318. The Morgan fingerprint density at radius 1 is 1.18 bits per heavy atom. The number of fused-ring (bicyclic) bond motifs is 3. The number of hydrogen-bond donors (Lipinski definition) is 3. The van der Waals surface area contributed by atoms with E-state index >= 15 is 0 Å². The third-order valence-corrected chi connectivity index (χ3v) is 5.97. The summed E-state index contributed by atoms with van der Waals surface area (Å²) in [6.45, 7) is 0. The van der Waals surface area contributed by atoms with Gasteiger partial charge in [0.05, 0.1) is 11.7 Å². The number of hydrogen-bond acceptors (Lipinski definition) is 6. The molecule has 172 valence electrons. The molecule has 4 N–H and O–H groups in total. The molecule has 5 rings (SSSR count). The Morgan fingerprint density at radius 2 is 1.94 bits per heavy atom. The molecule has 3 aromatic heterocycles. The van der Waals surface area contributed by atoms with Crippen molar-refractivity contribution in [2.24, 2.45) is 7.05 Å². The van der Waals surface area contributed by atoms with E-state index in [4.69, 9.17) is 5.73 Å². The van der Waals surface area contributed by atoms with Gasteiger partial charge in [-0.05, 0) is 49.1 Å². The minimum Gasteiger partial charge on any atom is -0.382 e. The van der Waals surface area contributed by atoms with E-state index in [-0.39, 0.29) is 12.0 Å². The van der Waals surface area contributed by atoms with E-state index in [1.165, 1.54) is 18.9 Å². The summed E-state index contributed by atoms with van der Waals surface area (Å²) in [7, 11) is 1.23. The van der Waals surface area contributed by atoms with Crippen molar-refractivity contribution in [1.29, 1.82) is 0 Å². The van der Waals surface area contributed by atoms with Crippen molar-refractivity contribution >= 4 is 22.5 Å². The molecule has 4 aromatic rings. The standard InChI is InChI=1S/C22H22F3N7O/c1-31-20(22(23,24)25)12(10-29-31)9-17(33)30-13-5-7-14(8-6-13)32-16-4-2-3-15(16)18-19(32)21(26)28-11-27-18/h5-8,10-11,17,30,33H,2-4,9H2,1H3,(H2,26,27,28). The summed E-state index contributed by atoms with van der Waals surface area (Å²) in [5.41, 5.74) is 10.7. The second-order valence-electron chi connectivity index (χ2n) is 8.12. The highest BCUT2D eigenvalue weighted by atomic mass is 19.4. The Labute approximate surface area is 186 Å². The maximum atomic E-state index is 13.2. The lowest BCUT2D eigenvalue weighted by atomic mass is 10.1. The average molecular weight is 457 g/mol. The molecule has 8 nitrogen and oxygen atoms in total. The first-order valence-corrected chi connectivity index (χ1v) is 10.5. The van der Waals surface area contributed by atoms with Crippen LogP contribution in [0.3, 0.4) is 0 Å². The van der Waals surface area contributed by atoms with E-state index in [9.17, 15) is 18.3 Å². The van der Waals surface area contributed by atoms with Crippen LogP contribution in [0.5, 0.6) is 0 Å². The number of rotatable bonds is 5. The van der Waals surface area contributed by atoms with Crippen molar-refractivity contribution in [1.82, 2.24) is 24.3 Å². The number of aryl methyl sites for hydroxylation is 2. The topological polar surface area (TPSA) is 107 Å². The van der Waals surface area contributed by atoms with Gasteiger partial charge in [0.15, 0.2) is 5.82 Å². The van der Waals surface area contributed by atoms with Crippen LogP contribution in [-0.2, 0) is 32.5 Å². The van der Waals surface area contributed by atoms with Crippen molar-refractivity contribution in [3.05, 3.63) is 59.3 Å². The lowest BCUT2D eigenvalue weighted by Crippen LogP contribution is -2.23. The minimum atomic E-state index is -4.55. The first kappa shape index (κ1) is 21.3. The molecule has 0 radical (unpaired) electrons. The van der Waals surface area contributed by atoms with Crippen LogP contribution in [0.15, 0.2) is 36.8 Å². The summed E-state index contributed by atoms with van der Waals surface area (Å²) >= 11 is 0. The van der Waals surface area contributed by atoms with Gasteiger partial charge in [-0.15, -0.1) is 0 Å². The number of benzene rings is 1. The highest BCUT2D eigenvalue weighted by Gasteiger charge is 2.37. The molecular formula is C22H22F3N7O. The highest BCUT2D eigenvalue weighted by molar-refractivity contribution is 5.91. The monoisotopic (exact) mass is 457 g/mol. The van der Waals surface area contributed by atoms with Crippen molar-refractivity contribution < 1.29 is 18.3 Å². The lowest BCUT2D eigenvalue weighted by molar-refractivity contribution is -0.144. The number of nitrogens with one attached hydrogen (secondary N) is 1. The Balaban J connectivity index is 1.39. The molecule has 0 fully saturated rings. The van der Waals surface area contributed by atoms with Gasteiger partial charge in [0, 0.05) is 36.1 Å². The van der Waals surface area contributed by atoms with Gasteiger partial charge < -0.3 is 20.7 Å². The van der Waals surface area contributed by atoms with Gasteiger partial charge in [-0.3, -0.25) is 4.68 Å². The number of aromatic nitrogens is 5. The van der Waals surface area contributed by atoms with Gasteiger partial charge >= 0.3 is 6.18 Å². The van der Waals surface area contributed by atoms with E-state index in [0.717, 1.165) is 52.6 Å². The van der Waals surface area contributed by atoms with Crippen LogP contribution in [0, 0.1) is 0 Å². The Hall–Kier alpha value is -3.60. The summed E-state index contributed by atoms with van der Waals surface area (Å²) in [5, 5.41) is 16.9. The van der Waals surface area contributed by atoms with Crippen LogP contribution < -0.4 is 11.1 Å². The molecule has 0 bridgehead atoms. The summed E-state index contributed by atoms with van der Waals surface area (Å²) < 4.78 is 42.6. The van der Waals surface area contributed by atoms with Crippen molar-refractivity contribution in [3.8, 4) is 5.69 Å². The molecule has 1 unspecified atom stereocenters. The summed E-state index contributed by atoms with van der Waals surface area (Å²) in [4.78, 5) is 8.58. The summed E-state index contributed by atoms with van der Waals surface area (Å²) in [6.07, 6.45) is -0.512. The minimum absolute atomic E-state index is 0.0773. The average Bonchev–Trinajstić information content (AvgIpc) is 3.43. The number of nitrogens with two attached hydrogens (primary N) is 1. The summed E-state index contributed by atoms with van der Waals surface area (Å²) in [6, 6.07) is 7.26. The third-order valence-electron chi connectivity index (χ3n) is 5.97. The predicted octanol–water partition coefficient (Wildman–Crippen LogP) is 3.22. The van der Waals surface area contributed by atoms with E-state index in [1.54, 1.807) is 12.1 Å². The largest absolute Gasteiger partial charge is 0.433 e. The molecule has 0 saturated heterocycles. The normalized spacial score (nSPS) is 14.6. The van der Waals surface area contributed by atoms with Gasteiger partial charge in [-0.25, -0.2) is 9.97 Å². The maximum Gasteiger partial charge on any atom is 0.433 e. The molecule has 33 heavy (non-hydrogen) atoms. The number of anilines is 2. The molecule has 1 aliphatic carbocycles. The SMILES string of the molecule is Cn1ncc(CC(O)Nc2ccc(-n3c4c(c5ncnc(N)c53)CCC4)cc2)c1C(F)(F)F. The van der Waals surface area contributed by atoms with Crippen LogP contribution in [0.1, 0.15) is 28.9 Å². The lowest BCUT2D eigenvalue weighted by Gasteiger charge is -2.16. The van der Waals surface area contributed by atoms with Crippen molar-refractivity contribution in [2.75, 3.05) is 11.1 Å². The van der Waals surface area contributed by atoms with E-state index < -0.39 is 18.1 Å². The first-order chi connectivity index (χ1) is 15.7. The molecule has 3 heterocycles. The fourth-order valence-corrected chi connectivity index (χ4v) is 4.64. The van der Waals surface area contributed by atoms with Gasteiger partial charge in [0.1, 0.15) is 23.8 Å². The molecule has 1 atom stereocenters. The van der Waals surface area contributed by atoms with Crippen LogP contribution in [0.25, 0.3) is 16.7 Å². The molecule has 1 aromatic carbocycles. The van der Waals surface area contributed by atoms with Gasteiger partial charge in [-0.2, -0.15) is 18.3 Å². The smallest absolute Gasteiger partial charge is 0.382 e. The molecule has 0 amide bonds. The Morgan fingerprint density at radius 3 is 2.67 bits per heavy atom. The van der Waals surface area contributed by atoms with Crippen molar-refractivity contribution in [2.45, 2.75) is 38.1 Å². The number of nitrogen functional groups attached to an aromatic ring is 1. The fourth-order valence-electron chi connectivity index (χ4n) is 4.64. The number of aliphatic hydroxyl groups excluding tert-OH is 1. The highest BCUT2D eigenvalue weighted by Crippen LogP contribution is 2.36. The molecule has 0 spiro atoms.